The highest BCUT2D eigenvalue weighted by molar-refractivity contribution is 6.55. The molecule has 4 heteroatoms. The maximum absolute atomic E-state index is 5.94. The van der Waals surface area contributed by atoms with E-state index in [1.54, 1.807) is 0 Å². The fraction of sp³-hybridized carbons (Fsp3) is 0.800. The summed E-state index contributed by atoms with van der Waals surface area (Å²) in [5.41, 5.74) is 5.94. The predicted octanol–water partition coefficient (Wildman–Crippen LogP) is 2.51. The van der Waals surface area contributed by atoms with E-state index < -0.39 is 0 Å². The maximum Gasteiger partial charge on any atom is 0.104 e. The van der Waals surface area contributed by atoms with E-state index in [-0.39, 0.29) is 6.04 Å². The zero-order chi connectivity index (χ0) is 10.6. The van der Waals surface area contributed by atoms with Crippen LogP contribution in [0, 0.1) is 0 Å². The molecule has 0 aromatic heterocycles. The molecule has 0 saturated carbocycles. The maximum atomic E-state index is 5.94. The van der Waals surface area contributed by atoms with Gasteiger partial charge in [0.05, 0.1) is 0 Å². The molecule has 0 aromatic carbocycles. The molecule has 0 amide bonds. The second-order valence-corrected chi connectivity index (χ2v) is 4.92. The van der Waals surface area contributed by atoms with Gasteiger partial charge in [0.1, 0.15) is 4.49 Å². The Balaban J connectivity index is 2.50. The Labute approximate surface area is 96.0 Å². The lowest BCUT2D eigenvalue weighted by Gasteiger charge is -2.37. The van der Waals surface area contributed by atoms with Gasteiger partial charge in [-0.2, -0.15) is 0 Å². The molecule has 2 unspecified atom stereocenters. The van der Waals surface area contributed by atoms with Crippen LogP contribution >= 0.6 is 23.2 Å². The molecule has 1 rings (SSSR count). The first-order chi connectivity index (χ1) is 6.61. The molecule has 1 aliphatic heterocycles. The molecule has 0 bridgehead atoms. The van der Waals surface area contributed by atoms with Crippen LogP contribution in [0.5, 0.6) is 0 Å². The van der Waals surface area contributed by atoms with Crippen LogP contribution < -0.4 is 5.73 Å². The van der Waals surface area contributed by atoms with E-state index in [0.717, 1.165) is 13.1 Å². The van der Waals surface area contributed by atoms with Gasteiger partial charge in [-0.25, -0.2) is 0 Å². The molecule has 0 spiro atoms. The fourth-order valence-electron chi connectivity index (χ4n) is 2.03. The van der Waals surface area contributed by atoms with Gasteiger partial charge in [-0.3, -0.25) is 4.90 Å². The molecule has 1 saturated heterocycles. The van der Waals surface area contributed by atoms with Crippen molar-refractivity contribution in [2.45, 2.75) is 38.3 Å². The summed E-state index contributed by atoms with van der Waals surface area (Å²) in [4.78, 5) is 2.36. The zero-order valence-corrected chi connectivity index (χ0v) is 10.1. The lowest BCUT2D eigenvalue weighted by Crippen LogP contribution is -2.49. The minimum atomic E-state index is 0.220. The topological polar surface area (TPSA) is 29.3 Å². The molecule has 0 aromatic rings. The zero-order valence-electron chi connectivity index (χ0n) is 8.55. The molecule has 0 radical (unpaired) electrons. The predicted molar refractivity (Wildman–Crippen MR) is 62.7 cm³/mol. The summed E-state index contributed by atoms with van der Waals surface area (Å²) >= 11 is 11.2. The van der Waals surface area contributed by atoms with E-state index in [0.29, 0.717) is 10.5 Å². The van der Waals surface area contributed by atoms with Gasteiger partial charge < -0.3 is 5.73 Å². The lowest BCUT2D eigenvalue weighted by atomic mass is 9.97. The number of likely N-dealkylation sites (tertiary alicyclic amines) is 1. The second-order valence-electron chi connectivity index (χ2n) is 3.91. The summed E-state index contributed by atoms with van der Waals surface area (Å²) in [6, 6.07) is 0.700. The van der Waals surface area contributed by atoms with Crippen molar-refractivity contribution in [3.63, 3.8) is 0 Å². The number of hydrogen-bond acceptors (Lipinski definition) is 2. The highest BCUT2D eigenvalue weighted by atomic mass is 35.5. The SMILES string of the molecule is CC(N)C1CCCCN1CC=C(Cl)Cl. The molecule has 1 fully saturated rings. The Morgan fingerprint density at radius 1 is 1.57 bits per heavy atom. The van der Waals surface area contributed by atoms with Crippen molar-refractivity contribution >= 4 is 23.2 Å². The number of nitrogens with two attached hydrogens (primary N) is 1. The standard InChI is InChI=1S/C10H18Cl2N2/c1-8(13)9-4-2-3-6-14(9)7-5-10(11)12/h5,8-9H,2-4,6-7,13H2,1H3. The first kappa shape index (κ1) is 12.3. The van der Waals surface area contributed by atoms with E-state index in [2.05, 4.69) is 11.8 Å². The summed E-state index contributed by atoms with van der Waals surface area (Å²) in [5, 5.41) is 0. The Morgan fingerprint density at radius 3 is 2.86 bits per heavy atom. The monoisotopic (exact) mass is 236 g/mol. The quantitative estimate of drug-likeness (QED) is 0.817. The number of nitrogens with zero attached hydrogens (tertiary/aromatic N) is 1. The van der Waals surface area contributed by atoms with Crippen molar-refractivity contribution in [3.8, 4) is 0 Å². The van der Waals surface area contributed by atoms with Crippen molar-refractivity contribution in [2.24, 2.45) is 5.73 Å². The molecule has 0 aliphatic carbocycles. The molecule has 2 N–H and O–H groups in total. The van der Waals surface area contributed by atoms with Crippen LogP contribution in [0.2, 0.25) is 0 Å². The van der Waals surface area contributed by atoms with Crippen LogP contribution in [0.15, 0.2) is 10.6 Å². The summed E-state index contributed by atoms with van der Waals surface area (Å²) < 4.78 is 0.346. The van der Waals surface area contributed by atoms with Crippen LogP contribution in [0.3, 0.4) is 0 Å². The molecule has 82 valence electrons. The van der Waals surface area contributed by atoms with Gasteiger partial charge in [0, 0.05) is 18.6 Å². The van der Waals surface area contributed by atoms with Gasteiger partial charge in [0.25, 0.3) is 0 Å². The smallest absolute Gasteiger partial charge is 0.104 e. The van der Waals surface area contributed by atoms with Crippen molar-refractivity contribution in [1.82, 2.24) is 4.90 Å². The minimum absolute atomic E-state index is 0.220. The Morgan fingerprint density at radius 2 is 2.29 bits per heavy atom. The van der Waals surface area contributed by atoms with Crippen LogP contribution in [0.4, 0.5) is 0 Å². The van der Waals surface area contributed by atoms with Crippen LogP contribution in [0.1, 0.15) is 26.2 Å². The highest BCUT2D eigenvalue weighted by Crippen LogP contribution is 2.19. The highest BCUT2D eigenvalue weighted by Gasteiger charge is 2.24. The second kappa shape index (κ2) is 5.96. The first-order valence-electron chi connectivity index (χ1n) is 5.12. The van der Waals surface area contributed by atoms with E-state index in [1.165, 1.54) is 19.3 Å². The van der Waals surface area contributed by atoms with Gasteiger partial charge in [0.2, 0.25) is 0 Å². The normalized spacial score (nSPS) is 25.9. The molecular formula is C10H18Cl2N2. The van der Waals surface area contributed by atoms with Gasteiger partial charge in [-0.1, -0.05) is 29.6 Å². The lowest BCUT2D eigenvalue weighted by molar-refractivity contribution is 0.146. The number of hydrogen-bond donors (Lipinski definition) is 1. The minimum Gasteiger partial charge on any atom is -0.327 e. The van der Waals surface area contributed by atoms with Crippen molar-refractivity contribution in [1.29, 1.82) is 0 Å². The number of rotatable bonds is 3. The first-order valence-corrected chi connectivity index (χ1v) is 5.87. The fourth-order valence-corrected chi connectivity index (χ4v) is 2.16. The molecule has 14 heavy (non-hydrogen) atoms. The summed E-state index contributed by atoms with van der Waals surface area (Å²) in [5.74, 6) is 0. The average Bonchev–Trinajstić information content (AvgIpc) is 2.15. The molecule has 2 nitrogen and oxygen atoms in total. The van der Waals surface area contributed by atoms with E-state index in [4.69, 9.17) is 28.9 Å². The molecule has 1 heterocycles. The van der Waals surface area contributed by atoms with E-state index in [9.17, 15) is 0 Å². The van der Waals surface area contributed by atoms with Gasteiger partial charge >= 0.3 is 0 Å². The summed E-state index contributed by atoms with van der Waals surface area (Å²) in [6.07, 6.45) is 5.55. The van der Waals surface area contributed by atoms with E-state index in [1.807, 2.05) is 6.08 Å². The van der Waals surface area contributed by atoms with Crippen LogP contribution in [0.25, 0.3) is 0 Å². The average molecular weight is 237 g/mol. The Hall–Kier alpha value is 0.240. The van der Waals surface area contributed by atoms with Gasteiger partial charge in [0.15, 0.2) is 0 Å². The number of piperidine rings is 1. The third kappa shape index (κ3) is 3.77. The van der Waals surface area contributed by atoms with Gasteiger partial charge in [-0.15, -0.1) is 0 Å². The largest absolute Gasteiger partial charge is 0.327 e. The Bertz CT molecular complexity index is 200. The van der Waals surface area contributed by atoms with Gasteiger partial charge in [-0.05, 0) is 32.4 Å². The van der Waals surface area contributed by atoms with Crippen molar-refractivity contribution < 1.29 is 0 Å². The van der Waals surface area contributed by atoms with E-state index >= 15 is 0 Å². The third-order valence-electron chi connectivity index (χ3n) is 2.75. The molecule has 2 atom stereocenters. The van der Waals surface area contributed by atoms with Crippen molar-refractivity contribution in [3.05, 3.63) is 10.6 Å². The number of halogens is 2. The van der Waals surface area contributed by atoms with Crippen molar-refractivity contribution in [2.75, 3.05) is 13.1 Å². The molecule has 1 aliphatic rings. The summed E-state index contributed by atoms with van der Waals surface area (Å²) in [7, 11) is 0. The summed E-state index contributed by atoms with van der Waals surface area (Å²) in [6.45, 7) is 3.98. The Kier molecular flexibility index (Phi) is 5.24. The van der Waals surface area contributed by atoms with Crippen LogP contribution in [-0.2, 0) is 0 Å². The van der Waals surface area contributed by atoms with Crippen LogP contribution in [-0.4, -0.2) is 30.1 Å². The molecular weight excluding hydrogens is 219 g/mol. The third-order valence-corrected chi connectivity index (χ3v) is 3.06.